The van der Waals surface area contributed by atoms with E-state index in [9.17, 15) is 9.59 Å². The molecule has 1 aliphatic carbocycles. The summed E-state index contributed by atoms with van der Waals surface area (Å²) in [5, 5.41) is 2.75. The van der Waals surface area contributed by atoms with Crippen molar-refractivity contribution in [3.63, 3.8) is 0 Å². The molecular weight excluding hydrogens is 218 g/mol. The highest BCUT2D eigenvalue weighted by Gasteiger charge is 2.46. The highest BCUT2D eigenvalue weighted by atomic mass is 16.2. The summed E-state index contributed by atoms with van der Waals surface area (Å²) >= 11 is 0. The van der Waals surface area contributed by atoms with Crippen LogP contribution in [0.3, 0.4) is 0 Å². The van der Waals surface area contributed by atoms with Crippen molar-refractivity contribution in [1.29, 1.82) is 0 Å². The summed E-state index contributed by atoms with van der Waals surface area (Å²) in [6.45, 7) is 0. The first-order valence-corrected chi connectivity index (χ1v) is 5.48. The molecule has 0 spiro atoms. The first kappa shape index (κ1) is 11.6. The second kappa shape index (κ2) is 4.18. The molecule has 0 radical (unpaired) electrons. The molecule has 2 rings (SSSR count). The SMILES string of the molecule is NC(=O)Cc1ccccc1NC(=O)C1(N)CC1. The summed E-state index contributed by atoms with van der Waals surface area (Å²) in [4.78, 5) is 22.7. The van der Waals surface area contributed by atoms with Crippen LogP contribution >= 0.6 is 0 Å². The maximum Gasteiger partial charge on any atom is 0.244 e. The highest BCUT2D eigenvalue weighted by Crippen LogP contribution is 2.33. The fourth-order valence-corrected chi connectivity index (χ4v) is 1.59. The second-order valence-corrected chi connectivity index (χ2v) is 4.41. The van der Waals surface area contributed by atoms with Gasteiger partial charge in [-0.15, -0.1) is 0 Å². The van der Waals surface area contributed by atoms with Crippen molar-refractivity contribution in [1.82, 2.24) is 0 Å². The zero-order valence-corrected chi connectivity index (χ0v) is 9.40. The van der Waals surface area contributed by atoms with Gasteiger partial charge in [0.25, 0.3) is 0 Å². The number of amides is 2. The molecule has 0 atom stereocenters. The number of benzene rings is 1. The largest absolute Gasteiger partial charge is 0.369 e. The van der Waals surface area contributed by atoms with Gasteiger partial charge in [-0.1, -0.05) is 18.2 Å². The quantitative estimate of drug-likeness (QED) is 0.690. The van der Waals surface area contributed by atoms with Crippen molar-refractivity contribution in [2.24, 2.45) is 11.5 Å². The van der Waals surface area contributed by atoms with Gasteiger partial charge in [-0.2, -0.15) is 0 Å². The Morgan fingerprint density at radius 1 is 1.29 bits per heavy atom. The number of carbonyl (C=O) groups excluding carboxylic acids is 2. The number of carbonyl (C=O) groups is 2. The van der Waals surface area contributed by atoms with Crippen molar-refractivity contribution < 1.29 is 9.59 Å². The molecule has 0 saturated heterocycles. The number of primary amides is 1. The van der Waals surface area contributed by atoms with E-state index in [1.807, 2.05) is 0 Å². The summed E-state index contributed by atoms with van der Waals surface area (Å²) in [5.74, 6) is -0.630. The van der Waals surface area contributed by atoms with Crippen molar-refractivity contribution in [3.05, 3.63) is 29.8 Å². The van der Waals surface area contributed by atoms with E-state index in [4.69, 9.17) is 11.5 Å². The lowest BCUT2D eigenvalue weighted by atomic mass is 10.1. The van der Waals surface area contributed by atoms with Crippen LogP contribution in [-0.2, 0) is 16.0 Å². The molecule has 1 aromatic rings. The number of hydrogen-bond donors (Lipinski definition) is 3. The third-order valence-corrected chi connectivity index (χ3v) is 2.87. The van der Waals surface area contributed by atoms with Gasteiger partial charge in [0.05, 0.1) is 12.0 Å². The zero-order chi connectivity index (χ0) is 12.5. The number of nitrogens with one attached hydrogen (secondary N) is 1. The van der Waals surface area contributed by atoms with Gasteiger partial charge in [-0.25, -0.2) is 0 Å². The highest BCUT2D eigenvalue weighted by molar-refractivity contribution is 6.00. The number of rotatable bonds is 4. The standard InChI is InChI=1S/C12H15N3O2/c13-10(16)7-8-3-1-2-4-9(8)15-11(17)12(14)5-6-12/h1-4H,5-7,14H2,(H2,13,16)(H,15,17). The van der Waals surface area contributed by atoms with Crippen molar-refractivity contribution in [3.8, 4) is 0 Å². The lowest BCUT2D eigenvalue weighted by molar-refractivity contribution is -0.118. The van der Waals surface area contributed by atoms with Crippen molar-refractivity contribution in [2.45, 2.75) is 24.8 Å². The zero-order valence-electron chi connectivity index (χ0n) is 9.40. The average molecular weight is 233 g/mol. The Hall–Kier alpha value is -1.88. The Morgan fingerprint density at radius 3 is 2.53 bits per heavy atom. The normalized spacial score (nSPS) is 16.3. The van der Waals surface area contributed by atoms with Crippen LogP contribution in [-0.4, -0.2) is 17.4 Å². The van der Waals surface area contributed by atoms with E-state index in [0.29, 0.717) is 24.1 Å². The molecule has 1 aliphatic rings. The predicted octanol–water partition coefficient (Wildman–Crippen LogP) is 0.144. The third-order valence-electron chi connectivity index (χ3n) is 2.87. The Kier molecular flexibility index (Phi) is 2.85. The van der Waals surface area contributed by atoms with E-state index in [2.05, 4.69) is 5.32 Å². The molecule has 1 fully saturated rings. The molecule has 0 aromatic heterocycles. The topological polar surface area (TPSA) is 98.2 Å². The lowest BCUT2D eigenvalue weighted by Crippen LogP contribution is -2.38. The third kappa shape index (κ3) is 2.62. The first-order chi connectivity index (χ1) is 8.01. The van der Waals surface area contributed by atoms with Crippen LogP contribution in [0, 0.1) is 0 Å². The molecule has 0 heterocycles. The van der Waals surface area contributed by atoms with Crippen LogP contribution in [0.5, 0.6) is 0 Å². The Balaban J connectivity index is 2.14. The van der Waals surface area contributed by atoms with Crippen LogP contribution < -0.4 is 16.8 Å². The number of hydrogen-bond acceptors (Lipinski definition) is 3. The fraction of sp³-hybridized carbons (Fsp3) is 0.333. The molecule has 5 nitrogen and oxygen atoms in total. The minimum absolute atomic E-state index is 0.105. The van der Waals surface area contributed by atoms with E-state index in [-0.39, 0.29) is 12.3 Å². The van der Waals surface area contributed by atoms with Crippen LogP contribution in [0.15, 0.2) is 24.3 Å². The van der Waals surface area contributed by atoms with E-state index in [0.717, 1.165) is 0 Å². The van der Waals surface area contributed by atoms with Crippen LogP contribution in [0.1, 0.15) is 18.4 Å². The number of anilines is 1. The molecule has 0 unspecified atom stereocenters. The van der Waals surface area contributed by atoms with E-state index >= 15 is 0 Å². The summed E-state index contributed by atoms with van der Waals surface area (Å²) in [5.41, 5.74) is 11.5. The molecule has 1 aromatic carbocycles. The first-order valence-electron chi connectivity index (χ1n) is 5.48. The molecule has 0 bridgehead atoms. The minimum Gasteiger partial charge on any atom is -0.369 e. The van der Waals surface area contributed by atoms with Gasteiger partial charge in [0.1, 0.15) is 0 Å². The Morgan fingerprint density at radius 2 is 1.94 bits per heavy atom. The summed E-state index contributed by atoms with van der Waals surface area (Å²) in [7, 11) is 0. The maximum atomic E-state index is 11.8. The molecule has 1 saturated carbocycles. The minimum atomic E-state index is -0.722. The smallest absolute Gasteiger partial charge is 0.244 e. The van der Waals surface area contributed by atoms with Crippen LogP contribution in [0.4, 0.5) is 5.69 Å². The van der Waals surface area contributed by atoms with Crippen LogP contribution in [0.25, 0.3) is 0 Å². The number of nitrogens with two attached hydrogens (primary N) is 2. The van der Waals surface area contributed by atoms with Crippen molar-refractivity contribution in [2.75, 3.05) is 5.32 Å². The lowest BCUT2D eigenvalue weighted by Gasteiger charge is -2.13. The van der Waals surface area contributed by atoms with E-state index < -0.39 is 11.4 Å². The summed E-state index contributed by atoms with van der Waals surface area (Å²) in [6.07, 6.45) is 1.52. The summed E-state index contributed by atoms with van der Waals surface area (Å²) in [6, 6.07) is 7.08. The van der Waals surface area contributed by atoms with Gasteiger partial charge in [0.2, 0.25) is 11.8 Å². The van der Waals surface area contributed by atoms with E-state index in [1.54, 1.807) is 24.3 Å². The second-order valence-electron chi connectivity index (χ2n) is 4.41. The average Bonchev–Trinajstić information content (AvgIpc) is 3.00. The molecule has 5 heteroatoms. The van der Waals surface area contributed by atoms with Gasteiger partial charge >= 0.3 is 0 Å². The molecule has 90 valence electrons. The van der Waals surface area contributed by atoms with Gasteiger partial charge in [-0.3, -0.25) is 9.59 Å². The van der Waals surface area contributed by atoms with Gasteiger partial charge < -0.3 is 16.8 Å². The van der Waals surface area contributed by atoms with Crippen LogP contribution in [0.2, 0.25) is 0 Å². The van der Waals surface area contributed by atoms with Crippen molar-refractivity contribution >= 4 is 17.5 Å². The predicted molar refractivity (Wildman–Crippen MR) is 64.1 cm³/mol. The molecule has 17 heavy (non-hydrogen) atoms. The summed E-state index contributed by atoms with van der Waals surface area (Å²) < 4.78 is 0. The maximum absolute atomic E-state index is 11.8. The van der Waals surface area contributed by atoms with Gasteiger partial charge in [0, 0.05) is 5.69 Å². The van der Waals surface area contributed by atoms with E-state index in [1.165, 1.54) is 0 Å². The molecule has 5 N–H and O–H groups in total. The molecule has 2 amide bonds. The number of para-hydroxylation sites is 1. The molecular formula is C12H15N3O2. The fourth-order valence-electron chi connectivity index (χ4n) is 1.59. The Bertz CT molecular complexity index is 467. The van der Waals surface area contributed by atoms with Gasteiger partial charge in [-0.05, 0) is 24.5 Å². The molecule has 0 aliphatic heterocycles. The van der Waals surface area contributed by atoms with Gasteiger partial charge in [0.15, 0.2) is 0 Å². The Labute approximate surface area is 99.2 Å². The monoisotopic (exact) mass is 233 g/mol.